The van der Waals surface area contributed by atoms with Gasteiger partial charge in [0.25, 0.3) is 0 Å². The van der Waals surface area contributed by atoms with Crippen molar-refractivity contribution in [1.82, 2.24) is 15.3 Å². The summed E-state index contributed by atoms with van der Waals surface area (Å²) in [6.07, 6.45) is 4.27. The van der Waals surface area contributed by atoms with Gasteiger partial charge in [0, 0.05) is 31.0 Å². The molecule has 2 N–H and O–H groups in total. The third-order valence-electron chi connectivity index (χ3n) is 3.81. The Hall–Kier alpha value is -2.19. The number of methoxy groups -OCH3 is 1. The topological polar surface area (TPSA) is 85.4 Å². The quantitative estimate of drug-likeness (QED) is 0.705. The lowest BCUT2D eigenvalue weighted by Gasteiger charge is -2.06. The molecule has 0 aliphatic heterocycles. The summed E-state index contributed by atoms with van der Waals surface area (Å²) in [6.45, 7) is 3.72. The van der Waals surface area contributed by atoms with Crippen LogP contribution >= 0.6 is 11.3 Å². The number of nitrogens with zero attached hydrogens (tertiary/aromatic N) is 2. The van der Waals surface area contributed by atoms with Crippen molar-refractivity contribution >= 4 is 22.5 Å². The van der Waals surface area contributed by atoms with Crippen LogP contribution in [0.3, 0.4) is 0 Å². The molecule has 1 fully saturated rings. The lowest BCUT2D eigenvalue weighted by molar-refractivity contribution is 0.127. The van der Waals surface area contributed by atoms with Crippen molar-refractivity contribution in [2.45, 2.75) is 19.8 Å². The Morgan fingerprint density at radius 2 is 2.24 bits per heavy atom. The zero-order valence-corrected chi connectivity index (χ0v) is 15.2. The zero-order valence-electron chi connectivity index (χ0n) is 14.4. The molecule has 2 aromatic heterocycles. The monoisotopic (exact) mass is 362 g/mol. The van der Waals surface area contributed by atoms with Gasteiger partial charge in [0.05, 0.1) is 24.3 Å². The molecule has 0 saturated heterocycles. The second-order valence-electron chi connectivity index (χ2n) is 5.92. The molecule has 1 aliphatic carbocycles. The lowest BCUT2D eigenvalue weighted by Crippen LogP contribution is -2.31. The molecule has 2 aromatic rings. The van der Waals surface area contributed by atoms with Crippen molar-refractivity contribution in [3.05, 3.63) is 24.0 Å². The van der Waals surface area contributed by atoms with E-state index in [4.69, 9.17) is 9.47 Å². The molecule has 8 heteroatoms. The van der Waals surface area contributed by atoms with Crippen molar-refractivity contribution < 1.29 is 14.3 Å². The molecule has 2 heterocycles. The van der Waals surface area contributed by atoms with E-state index >= 15 is 0 Å². The molecule has 0 radical (unpaired) electrons. The van der Waals surface area contributed by atoms with Crippen molar-refractivity contribution in [2.24, 2.45) is 5.92 Å². The third-order valence-corrected chi connectivity index (χ3v) is 4.93. The minimum absolute atomic E-state index is 0.275. The average Bonchev–Trinajstić information content (AvgIpc) is 3.37. The van der Waals surface area contributed by atoms with Gasteiger partial charge in [0.15, 0.2) is 5.13 Å². The second kappa shape index (κ2) is 8.26. The fourth-order valence-electron chi connectivity index (χ4n) is 2.27. The van der Waals surface area contributed by atoms with Gasteiger partial charge in [0.2, 0.25) is 5.88 Å². The van der Waals surface area contributed by atoms with Gasteiger partial charge in [-0.3, -0.25) is 5.32 Å². The number of aryl methyl sites for hydroxylation is 1. The van der Waals surface area contributed by atoms with E-state index in [2.05, 4.69) is 20.6 Å². The number of hydrogen-bond donors (Lipinski definition) is 2. The summed E-state index contributed by atoms with van der Waals surface area (Å²) < 4.78 is 10.6. The lowest BCUT2D eigenvalue weighted by atomic mass is 10.2. The van der Waals surface area contributed by atoms with Crippen LogP contribution in [0.25, 0.3) is 10.4 Å². The van der Waals surface area contributed by atoms with Crippen LogP contribution in [0.2, 0.25) is 0 Å². The van der Waals surface area contributed by atoms with Gasteiger partial charge in [-0.2, -0.15) is 0 Å². The predicted octanol–water partition coefficient (Wildman–Crippen LogP) is 3.07. The van der Waals surface area contributed by atoms with E-state index in [9.17, 15) is 4.79 Å². The normalized spacial score (nSPS) is 13.5. The van der Waals surface area contributed by atoms with E-state index in [1.165, 1.54) is 24.2 Å². The van der Waals surface area contributed by atoms with Gasteiger partial charge < -0.3 is 14.8 Å². The third kappa shape index (κ3) is 5.14. The van der Waals surface area contributed by atoms with Crippen LogP contribution in [0, 0.1) is 12.8 Å². The van der Waals surface area contributed by atoms with Crippen molar-refractivity contribution in [2.75, 3.05) is 32.2 Å². The van der Waals surface area contributed by atoms with Crippen LogP contribution in [-0.4, -0.2) is 42.9 Å². The molecule has 0 spiro atoms. The maximum atomic E-state index is 11.9. The number of carbonyl (C=O) groups excluding carboxylic acids is 1. The number of anilines is 1. The maximum Gasteiger partial charge on any atom is 0.321 e. The van der Waals surface area contributed by atoms with Gasteiger partial charge >= 0.3 is 6.03 Å². The van der Waals surface area contributed by atoms with Crippen LogP contribution in [0.15, 0.2) is 18.3 Å². The van der Waals surface area contributed by atoms with Crippen LogP contribution in [0.4, 0.5) is 9.93 Å². The van der Waals surface area contributed by atoms with Crippen molar-refractivity contribution in [1.29, 1.82) is 0 Å². The molecule has 2 amide bonds. The Bertz CT molecular complexity index is 713. The minimum Gasteiger partial charge on any atom is -0.481 e. The molecule has 0 aromatic carbocycles. The van der Waals surface area contributed by atoms with Crippen molar-refractivity contribution in [3.8, 4) is 16.3 Å². The highest BCUT2D eigenvalue weighted by atomic mass is 32.1. The molecule has 1 aliphatic rings. The van der Waals surface area contributed by atoms with Crippen LogP contribution in [-0.2, 0) is 4.74 Å². The zero-order chi connectivity index (χ0) is 17.6. The predicted molar refractivity (Wildman–Crippen MR) is 97.2 cm³/mol. The first-order valence-corrected chi connectivity index (χ1v) is 9.08. The second-order valence-corrected chi connectivity index (χ2v) is 6.92. The molecular formula is C17H22N4O3S. The summed E-state index contributed by atoms with van der Waals surface area (Å²) in [4.78, 5) is 21.5. The van der Waals surface area contributed by atoms with E-state index in [1.54, 1.807) is 19.4 Å². The Labute approximate surface area is 150 Å². The standard InChI is InChI=1S/C17H22N4O3S/c1-11-15(13-5-6-14(23-2)19-9-13)25-17(20-11)21-16(22)18-7-8-24-10-12-3-4-12/h5-6,9,12H,3-4,7-8,10H2,1-2H3,(H2,18,20,21,22). The number of pyridine rings is 1. The highest BCUT2D eigenvalue weighted by Crippen LogP contribution is 2.32. The summed E-state index contributed by atoms with van der Waals surface area (Å²) in [5.41, 5.74) is 1.79. The summed E-state index contributed by atoms with van der Waals surface area (Å²) in [6, 6.07) is 3.45. The molecule has 3 rings (SSSR count). The number of rotatable bonds is 8. The number of ether oxygens (including phenoxy) is 2. The molecule has 0 bridgehead atoms. The Balaban J connectivity index is 1.49. The number of hydrogen-bond acceptors (Lipinski definition) is 6. The van der Waals surface area contributed by atoms with Gasteiger partial charge in [-0.25, -0.2) is 14.8 Å². The molecular weight excluding hydrogens is 340 g/mol. The Kier molecular flexibility index (Phi) is 5.83. The van der Waals surface area contributed by atoms with Crippen LogP contribution < -0.4 is 15.4 Å². The van der Waals surface area contributed by atoms with Crippen LogP contribution in [0.1, 0.15) is 18.5 Å². The number of nitrogens with one attached hydrogen (secondary N) is 2. The first-order chi connectivity index (χ1) is 12.2. The first kappa shape index (κ1) is 17.6. The average molecular weight is 362 g/mol. The Morgan fingerprint density at radius 3 is 2.92 bits per heavy atom. The van der Waals surface area contributed by atoms with Gasteiger partial charge in [-0.15, -0.1) is 0 Å². The number of amides is 2. The molecule has 134 valence electrons. The summed E-state index contributed by atoms with van der Waals surface area (Å²) >= 11 is 1.42. The van der Waals surface area contributed by atoms with E-state index in [-0.39, 0.29) is 6.03 Å². The molecule has 1 saturated carbocycles. The van der Waals surface area contributed by atoms with E-state index < -0.39 is 0 Å². The fraction of sp³-hybridized carbons (Fsp3) is 0.471. The minimum atomic E-state index is -0.275. The molecule has 0 atom stereocenters. The largest absolute Gasteiger partial charge is 0.481 e. The highest BCUT2D eigenvalue weighted by molar-refractivity contribution is 7.19. The number of urea groups is 1. The van der Waals surface area contributed by atoms with E-state index in [0.717, 1.165) is 28.7 Å². The molecule has 0 unspecified atom stereocenters. The van der Waals surface area contributed by atoms with E-state index in [1.807, 2.05) is 13.0 Å². The summed E-state index contributed by atoms with van der Waals surface area (Å²) in [5, 5.41) is 6.09. The molecule has 7 nitrogen and oxygen atoms in total. The van der Waals surface area contributed by atoms with Gasteiger partial charge in [-0.05, 0) is 31.7 Å². The Morgan fingerprint density at radius 1 is 1.40 bits per heavy atom. The number of aromatic nitrogens is 2. The first-order valence-electron chi connectivity index (χ1n) is 8.26. The van der Waals surface area contributed by atoms with Gasteiger partial charge in [0.1, 0.15) is 0 Å². The SMILES string of the molecule is COc1ccc(-c2sc(NC(=O)NCCOCC3CC3)nc2C)cn1. The van der Waals surface area contributed by atoms with Crippen molar-refractivity contribution in [3.63, 3.8) is 0 Å². The number of thiazole rings is 1. The van der Waals surface area contributed by atoms with Crippen LogP contribution in [0.5, 0.6) is 5.88 Å². The smallest absolute Gasteiger partial charge is 0.321 e. The fourth-order valence-corrected chi connectivity index (χ4v) is 3.22. The summed E-state index contributed by atoms with van der Waals surface area (Å²) in [7, 11) is 1.58. The maximum absolute atomic E-state index is 11.9. The highest BCUT2D eigenvalue weighted by Gasteiger charge is 2.20. The van der Waals surface area contributed by atoms with E-state index in [0.29, 0.717) is 24.2 Å². The molecule has 25 heavy (non-hydrogen) atoms. The summed E-state index contributed by atoms with van der Waals surface area (Å²) in [5.74, 6) is 1.30. The van der Waals surface area contributed by atoms with Gasteiger partial charge in [-0.1, -0.05) is 11.3 Å². The number of carbonyl (C=O) groups is 1.